The van der Waals surface area contributed by atoms with Crippen molar-refractivity contribution in [2.24, 2.45) is 11.3 Å². The fraction of sp³-hybridized carbons (Fsp3) is 0.538. The Bertz CT molecular complexity index is 323. The normalized spacial score (nSPS) is 31.6. The van der Waals surface area contributed by atoms with E-state index < -0.39 is 0 Å². The predicted octanol–water partition coefficient (Wildman–Crippen LogP) is 4.19. The van der Waals surface area contributed by atoms with Gasteiger partial charge in [-0.15, -0.1) is 11.6 Å². The van der Waals surface area contributed by atoms with Crippen LogP contribution in [0.3, 0.4) is 0 Å². The molecular weight excluding hydrogens is 192 g/mol. The first-order chi connectivity index (χ1) is 6.44. The van der Waals surface area contributed by atoms with Crippen molar-refractivity contribution >= 4 is 11.6 Å². The zero-order chi connectivity index (χ0) is 10.4. The Morgan fingerprint density at radius 1 is 1.21 bits per heavy atom. The first-order valence-corrected chi connectivity index (χ1v) is 5.57. The maximum absolute atomic E-state index is 6.62. The van der Waals surface area contributed by atoms with Gasteiger partial charge in [-0.05, 0) is 23.3 Å². The van der Waals surface area contributed by atoms with E-state index in [1.54, 1.807) is 0 Å². The first kappa shape index (κ1) is 10.0. The summed E-state index contributed by atoms with van der Waals surface area (Å²) in [6, 6.07) is 10.4. The van der Waals surface area contributed by atoms with Crippen LogP contribution in [0.1, 0.15) is 32.8 Å². The lowest BCUT2D eigenvalue weighted by atomic mass is 9.87. The average molecular weight is 209 g/mol. The second-order valence-electron chi connectivity index (χ2n) is 5.35. The largest absolute Gasteiger partial charge is 0.114 e. The molecule has 1 aliphatic rings. The summed E-state index contributed by atoms with van der Waals surface area (Å²) in [5.74, 6) is 0.610. The Balaban J connectivity index is 2.23. The molecule has 2 atom stereocenters. The van der Waals surface area contributed by atoms with Gasteiger partial charge in [0.1, 0.15) is 0 Å². The molecule has 14 heavy (non-hydrogen) atoms. The zero-order valence-electron chi connectivity index (χ0n) is 9.05. The number of alkyl halides is 1. The van der Waals surface area contributed by atoms with E-state index in [0.29, 0.717) is 11.3 Å². The zero-order valence-corrected chi connectivity index (χ0v) is 9.81. The minimum atomic E-state index is -0.0838. The summed E-state index contributed by atoms with van der Waals surface area (Å²) in [7, 11) is 0. The molecule has 1 fully saturated rings. The third kappa shape index (κ3) is 1.56. The van der Waals surface area contributed by atoms with E-state index in [-0.39, 0.29) is 4.87 Å². The van der Waals surface area contributed by atoms with Crippen LogP contribution >= 0.6 is 11.6 Å². The van der Waals surface area contributed by atoms with Crippen molar-refractivity contribution in [2.75, 3.05) is 0 Å². The van der Waals surface area contributed by atoms with Gasteiger partial charge in [-0.2, -0.15) is 0 Å². The van der Waals surface area contributed by atoms with Gasteiger partial charge in [-0.1, -0.05) is 51.1 Å². The van der Waals surface area contributed by atoms with Crippen LogP contribution < -0.4 is 0 Å². The van der Waals surface area contributed by atoms with Gasteiger partial charge in [0.25, 0.3) is 0 Å². The average Bonchev–Trinajstić information content (AvgIpc) is 2.81. The van der Waals surface area contributed by atoms with E-state index in [9.17, 15) is 0 Å². The highest BCUT2D eigenvalue weighted by Gasteiger charge is 2.58. The molecule has 1 aromatic carbocycles. The highest BCUT2D eigenvalue weighted by molar-refractivity contribution is 6.26. The molecule has 2 rings (SSSR count). The van der Waals surface area contributed by atoms with Gasteiger partial charge in [0.05, 0.1) is 4.87 Å². The van der Waals surface area contributed by atoms with Crippen molar-refractivity contribution < 1.29 is 0 Å². The highest BCUT2D eigenvalue weighted by Crippen LogP contribution is 2.64. The molecule has 1 aliphatic carbocycles. The van der Waals surface area contributed by atoms with Crippen LogP contribution in [-0.2, 0) is 4.87 Å². The Kier molecular flexibility index (Phi) is 2.15. The van der Waals surface area contributed by atoms with Crippen molar-refractivity contribution in [1.29, 1.82) is 0 Å². The second kappa shape index (κ2) is 3.00. The van der Waals surface area contributed by atoms with Crippen molar-refractivity contribution in [3.63, 3.8) is 0 Å². The fourth-order valence-corrected chi connectivity index (χ4v) is 2.87. The number of halogens is 1. The van der Waals surface area contributed by atoms with Crippen LogP contribution in [0, 0.1) is 11.3 Å². The standard InChI is InChI=1S/C13H17Cl/c1-12(2,3)11-9-13(11,14)10-7-5-4-6-8-10/h4-8,11H,9H2,1-3H3/t11-,13-/m0/s1. The molecule has 1 saturated carbocycles. The lowest BCUT2D eigenvalue weighted by Crippen LogP contribution is -2.14. The summed E-state index contributed by atoms with van der Waals surface area (Å²) >= 11 is 6.62. The number of hydrogen-bond donors (Lipinski definition) is 0. The van der Waals surface area contributed by atoms with Gasteiger partial charge in [-0.3, -0.25) is 0 Å². The van der Waals surface area contributed by atoms with Gasteiger partial charge in [0.15, 0.2) is 0 Å². The fourth-order valence-electron chi connectivity index (χ4n) is 2.26. The van der Waals surface area contributed by atoms with Crippen LogP contribution in [0.25, 0.3) is 0 Å². The van der Waals surface area contributed by atoms with Crippen LogP contribution in [-0.4, -0.2) is 0 Å². The molecule has 0 N–H and O–H groups in total. The molecule has 0 radical (unpaired) electrons. The van der Waals surface area contributed by atoms with Crippen molar-refractivity contribution in [3.8, 4) is 0 Å². The van der Waals surface area contributed by atoms with Crippen LogP contribution in [0.2, 0.25) is 0 Å². The lowest BCUT2D eigenvalue weighted by Gasteiger charge is -2.21. The minimum absolute atomic E-state index is 0.0838. The quantitative estimate of drug-likeness (QED) is 0.608. The third-order valence-electron chi connectivity index (χ3n) is 3.19. The molecule has 0 amide bonds. The van der Waals surface area contributed by atoms with Crippen LogP contribution in [0.4, 0.5) is 0 Å². The van der Waals surface area contributed by atoms with Gasteiger partial charge in [0.2, 0.25) is 0 Å². The van der Waals surface area contributed by atoms with E-state index in [1.165, 1.54) is 5.56 Å². The Morgan fingerprint density at radius 3 is 2.21 bits per heavy atom. The third-order valence-corrected chi connectivity index (χ3v) is 3.83. The number of benzene rings is 1. The number of hydrogen-bond acceptors (Lipinski definition) is 0. The molecule has 0 saturated heterocycles. The topological polar surface area (TPSA) is 0 Å². The highest BCUT2D eigenvalue weighted by atomic mass is 35.5. The summed E-state index contributed by atoms with van der Waals surface area (Å²) in [6.45, 7) is 6.81. The molecule has 0 aliphatic heterocycles. The van der Waals surface area contributed by atoms with Crippen molar-refractivity contribution in [2.45, 2.75) is 32.1 Å². The van der Waals surface area contributed by atoms with E-state index in [0.717, 1.165) is 6.42 Å². The summed E-state index contributed by atoms with van der Waals surface area (Å²) < 4.78 is 0. The van der Waals surface area contributed by atoms with E-state index >= 15 is 0 Å². The molecule has 1 aromatic rings. The molecule has 76 valence electrons. The minimum Gasteiger partial charge on any atom is -0.114 e. The summed E-state index contributed by atoms with van der Waals surface area (Å²) in [5, 5.41) is 0. The molecule has 0 bridgehead atoms. The van der Waals surface area contributed by atoms with Crippen molar-refractivity contribution in [3.05, 3.63) is 35.9 Å². The maximum atomic E-state index is 6.62. The summed E-state index contributed by atoms with van der Waals surface area (Å²) in [5.41, 5.74) is 1.60. The number of rotatable bonds is 1. The molecular formula is C13H17Cl. The van der Waals surface area contributed by atoms with Crippen LogP contribution in [0.5, 0.6) is 0 Å². The van der Waals surface area contributed by atoms with E-state index in [1.807, 2.05) is 6.07 Å². The molecule has 0 unspecified atom stereocenters. The van der Waals surface area contributed by atoms with E-state index in [4.69, 9.17) is 11.6 Å². The Morgan fingerprint density at radius 2 is 1.79 bits per heavy atom. The summed E-state index contributed by atoms with van der Waals surface area (Å²) in [4.78, 5) is -0.0838. The lowest BCUT2D eigenvalue weighted by molar-refractivity contribution is 0.336. The first-order valence-electron chi connectivity index (χ1n) is 5.19. The monoisotopic (exact) mass is 208 g/mol. The van der Waals surface area contributed by atoms with Gasteiger partial charge < -0.3 is 0 Å². The maximum Gasteiger partial charge on any atom is 0.0732 e. The Labute approximate surface area is 91.3 Å². The SMILES string of the molecule is CC(C)(C)[C@@H]1C[C@]1(Cl)c1ccccc1. The van der Waals surface area contributed by atoms with Crippen molar-refractivity contribution in [1.82, 2.24) is 0 Å². The predicted molar refractivity (Wildman–Crippen MR) is 61.5 cm³/mol. The molecule has 1 heteroatoms. The summed E-state index contributed by atoms with van der Waals surface area (Å²) in [6.07, 6.45) is 1.11. The van der Waals surface area contributed by atoms with Crippen LogP contribution in [0.15, 0.2) is 30.3 Å². The Hall–Kier alpha value is -0.490. The second-order valence-corrected chi connectivity index (χ2v) is 6.03. The van der Waals surface area contributed by atoms with E-state index in [2.05, 4.69) is 45.0 Å². The van der Waals surface area contributed by atoms with Gasteiger partial charge >= 0.3 is 0 Å². The molecule has 0 aromatic heterocycles. The van der Waals surface area contributed by atoms with Gasteiger partial charge in [-0.25, -0.2) is 0 Å². The van der Waals surface area contributed by atoms with Gasteiger partial charge in [0, 0.05) is 0 Å². The smallest absolute Gasteiger partial charge is 0.0732 e. The molecule has 0 spiro atoms. The molecule has 0 nitrogen and oxygen atoms in total. The molecule has 0 heterocycles.